The number of hydrogen-bond donors (Lipinski definition) is 3. The standard InChI is InChI=1S/C24H28BrN3O5/c1-32-13-14-33-21-12-9-18(15-20(21)25)24(31)28-27-23(30)17-7-10-19(11-8-17)26-22(29)16-5-3-2-4-6-16/h7-12,15-16H,2-6,13-14H2,1H3,(H,26,29)(H,27,30)(H,28,31). The maximum atomic E-state index is 12.4. The van der Waals surface area contributed by atoms with Crippen LogP contribution in [0.2, 0.25) is 0 Å². The van der Waals surface area contributed by atoms with Crippen LogP contribution in [-0.4, -0.2) is 38.0 Å². The average Bonchev–Trinajstić information content (AvgIpc) is 2.84. The van der Waals surface area contributed by atoms with Gasteiger partial charge in [0.1, 0.15) is 12.4 Å². The summed E-state index contributed by atoms with van der Waals surface area (Å²) in [5, 5.41) is 2.91. The molecule has 33 heavy (non-hydrogen) atoms. The van der Waals surface area contributed by atoms with Crippen LogP contribution in [0.3, 0.4) is 0 Å². The van der Waals surface area contributed by atoms with Crippen LogP contribution < -0.4 is 20.9 Å². The van der Waals surface area contributed by atoms with Crippen molar-refractivity contribution < 1.29 is 23.9 Å². The van der Waals surface area contributed by atoms with Gasteiger partial charge >= 0.3 is 0 Å². The van der Waals surface area contributed by atoms with E-state index in [-0.39, 0.29) is 11.8 Å². The number of hydrazine groups is 1. The molecule has 9 heteroatoms. The Bertz CT molecular complexity index is 975. The van der Waals surface area contributed by atoms with E-state index in [0.717, 1.165) is 25.7 Å². The predicted molar refractivity (Wildman–Crippen MR) is 128 cm³/mol. The molecule has 2 aromatic rings. The molecule has 2 aromatic carbocycles. The van der Waals surface area contributed by atoms with E-state index in [1.165, 1.54) is 6.42 Å². The van der Waals surface area contributed by atoms with Crippen molar-refractivity contribution in [2.45, 2.75) is 32.1 Å². The first-order valence-electron chi connectivity index (χ1n) is 10.9. The largest absolute Gasteiger partial charge is 0.490 e. The van der Waals surface area contributed by atoms with Gasteiger partial charge in [-0.15, -0.1) is 0 Å². The molecule has 3 amide bonds. The summed E-state index contributed by atoms with van der Waals surface area (Å²) in [6, 6.07) is 11.4. The van der Waals surface area contributed by atoms with Crippen molar-refractivity contribution in [2.75, 3.05) is 25.6 Å². The van der Waals surface area contributed by atoms with Crippen LogP contribution >= 0.6 is 15.9 Å². The smallest absolute Gasteiger partial charge is 0.269 e. The van der Waals surface area contributed by atoms with Gasteiger partial charge in [0.05, 0.1) is 11.1 Å². The number of ether oxygens (including phenoxy) is 2. The van der Waals surface area contributed by atoms with Crippen molar-refractivity contribution in [3.05, 3.63) is 58.1 Å². The summed E-state index contributed by atoms with van der Waals surface area (Å²) in [5.74, 6) is -0.261. The van der Waals surface area contributed by atoms with Gasteiger partial charge in [-0.3, -0.25) is 25.2 Å². The first kappa shape index (κ1) is 24.7. The van der Waals surface area contributed by atoms with E-state index in [1.54, 1.807) is 49.6 Å². The zero-order chi connectivity index (χ0) is 23.6. The molecule has 0 spiro atoms. The van der Waals surface area contributed by atoms with E-state index in [0.29, 0.717) is 40.3 Å². The van der Waals surface area contributed by atoms with E-state index in [9.17, 15) is 14.4 Å². The lowest BCUT2D eigenvalue weighted by atomic mass is 9.88. The molecule has 3 N–H and O–H groups in total. The number of rotatable bonds is 8. The van der Waals surface area contributed by atoms with Gasteiger partial charge in [-0.1, -0.05) is 19.3 Å². The van der Waals surface area contributed by atoms with Crippen LogP contribution in [0.4, 0.5) is 5.69 Å². The first-order valence-corrected chi connectivity index (χ1v) is 11.7. The summed E-state index contributed by atoms with van der Waals surface area (Å²) in [4.78, 5) is 37.1. The van der Waals surface area contributed by atoms with E-state index in [4.69, 9.17) is 9.47 Å². The minimum absolute atomic E-state index is 0.0282. The second-order valence-electron chi connectivity index (χ2n) is 7.80. The van der Waals surface area contributed by atoms with Gasteiger partial charge < -0.3 is 14.8 Å². The number of benzene rings is 2. The topological polar surface area (TPSA) is 106 Å². The van der Waals surface area contributed by atoms with E-state index < -0.39 is 11.8 Å². The Morgan fingerprint density at radius 2 is 1.55 bits per heavy atom. The minimum atomic E-state index is -0.469. The fourth-order valence-corrected chi connectivity index (χ4v) is 4.06. The zero-order valence-corrected chi connectivity index (χ0v) is 20.1. The molecule has 0 unspecified atom stereocenters. The lowest BCUT2D eigenvalue weighted by Gasteiger charge is -2.20. The van der Waals surface area contributed by atoms with Crippen molar-refractivity contribution in [3.8, 4) is 5.75 Å². The predicted octanol–water partition coefficient (Wildman–Crippen LogP) is 4.07. The number of hydrogen-bond acceptors (Lipinski definition) is 5. The summed E-state index contributed by atoms with van der Waals surface area (Å²) in [5.41, 5.74) is 6.14. The second kappa shape index (κ2) is 12.4. The average molecular weight is 518 g/mol. The van der Waals surface area contributed by atoms with Crippen molar-refractivity contribution in [2.24, 2.45) is 5.92 Å². The van der Waals surface area contributed by atoms with Crippen molar-refractivity contribution >= 4 is 39.3 Å². The minimum Gasteiger partial charge on any atom is -0.490 e. The third kappa shape index (κ3) is 7.30. The summed E-state index contributed by atoms with van der Waals surface area (Å²) >= 11 is 3.37. The molecule has 0 atom stereocenters. The molecule has 1 fully saturated rings. The highest BCUT2D eigenvalue weighted by molar-refractivity contribution is 9.10. The lowest BCUT2D eigenvalue weighted by molar-refractivity contribution is -0.120. The number of halogens is 1. The molecule has 1 saturated carbocycles. The molecule has 0 heterocycles. The first-order chi connectivity index (χ1) is 16.0. The highest BCUT2D eigenvalue weighted by Gasteiger charge is 2.21. The van der Waals surface area contributed by atoms with E-state index in [1.807, 2.05) is 0 Å². The number of anilines is 1. The maximum Gasteiger partial charge on any atom is 0.269 e. The van der Waals surface area contributed by atoms with Gasteiger partial charge in [0.25, 0.3) is 11.8 Å². The van der Waals surface area contributed by atoms with Gasteiger partial charge in [0, 0.05) is 29.8 Å². The molecule has 8 nitrogen and oxygen atoms in total. The third-order valence-corrected chi connectivity index (χ3v) is 6.04. The molecule has 0 aromatic heterocycles. The van der Waals surface area contributed by atoms with Crippen LogP contribution in [0, 0.1) is 5.92 Å². The molecule has 0 aliphatic heterocycles. The third-order valence-electron chi connectivity index (χ3n) is 5.42. The highest BCUT2D eigenvalue weighted by Crippen LogP contribution is 2.26. The Hall–Kier alpha value is -2.91. The number of carbonyl (C=O) groups excluding carboxylic acids is 3. The summed E-state index contributed by atoms with van der Waals surface area (Å²) < 4.78 is 11.1. The molecule has 0 bridgehead atoms. The van der Waals surface area contributed by atoms with Gasteiger partial charge in [-0.05, 0) is 71.2 Å². The summed E-state index contributed by atoms with van der Waals surface area (Å²) in [6.07, 6.45) is 5.21. The van der Waals surface area contributed by atoms with Crippen molar-refractivity contribution in [1.29, 1.82) is 0 Å². The molecule has 0 radical (unpaired) electrons. The van der Waals surface area contributed by atoms with Gasteiger partial charge in [0.15, 0.2) is 0 Å². The molecule has 1 aliphatic rings. The van der Waals surface area contributed by atoms with Crippen LogP contribution in [0.5, 0.6) is 5.75 Å². The highest BCUT2D eigenvalue weighted by atomic mass is 79.9. The Kier molecular flexibility index (Phi) is 9.26. The normalized spacial score (nSPS) is 13.8. The summed E-state index contributed by atoms with van der Waals surface area (Å²) in [6.45, 7) is 0.842. The van der Waals surface area contributed by atoms with Crippen molar-refractivity contribution in [1.82, 2.24) is 10.9 Å². The number of carbonyl (C=O) groups is 3. The maximum absolute atomic E-state index is 12.4. The Morgan fingerprint density at radius 1 is 0.909 bits per heavy atom. The second-order valence-corrected chi connectivity index (χ2v) is 8.65. The van der Waals surface area contributed by atoms with E-state index in [2.05, 4.69) is 32.1 Å². The Balaban J connectivity index is 1.49. The van der Waals surface area contributed by atoms with Gasteiger partial charge in [-0.25, -0.2) is 0 Å². The Labute approximate surface area is 201 Å². The number of nitrogens with one attached hydrogen (secondary N) is 3. The molecule has 0 saturated heterocycles. The van der Waals surface area contributed by atoms with E-state index >= 15 is 0 Å². The summed E-state index contributed by atoms with van der Waals surface area (Å²) in [7, 11) is 1.59. The van der Waals surface area contributed by atoms with Crippen molar-refractivity contribution in [3.63, 3.8) is 0 Å². The molecular formula is C24H28BrN3O5. The SMILES string of the molecule is COCCOc1ccc(C(=O)NNC(=O)c2ccc(NC(=O)C3CCCCC3)cc2)cc1Br. The van der Waals surface area contributed by atoms with Gasteiger partial charge in [-0.2, -0.15) is 0 Å². The Morgan fingerprint density at radius 3 is 2.18 bits per heavy atom. The van der Waals surface area contributed by atoms with Crippen LogP contribution in [-0.2, 0) is 9.53 Å². The number of methoxy groups -OCH3 is 1. The zero-order valence-electron chi connectivity index (χ0n) is 18.5. The monoisotopic (exact) mass is 517 g/mol. The fourth-order valence-electron chi connectivity index (χ4n) is 3.57. The lowest BCUT2D eigenvalue weighted by Crippen LogP contribution is -2.41. The van der Waals surface area contributed by atoms with Crippen LogP contribution in [0.15, 0.2) is 46.9 Å². The molecule has 3 rings (SSSR count). The molecular weight excluding hydrogens is 490 g/mol. The van der Waals surface area contributed by atoms with Crippen LogP contribution in [0.1, 0.15) is 52.8 Å². The molecule has 176 valence electrons. The molecule has 1 aliphatic carbocycles. The fraction of sp³-hybridized carbons (Fsp3) is 0.375. The quantitative estimate of drug-likeness (QED) is 0.361. The number of amides is 3. The van der Waals surface area contributed by atoms with Gasteiger partial charge in [0.2, 0.25) is 5.91 Å². The van der Waals surface area contributed by atoms with Crippen LogP contribution in [0.25, 0.3) is 0 Å².